The van der Waals surface area contributed by atoms with Crippen LogP contribution in [0, 0.1) is 0 Å². The topological polar surface area (TPSA) is 22.1 Å². The molecule has 54 valence electrons. The fraction of sp³-hybridized carbons (Fsp3) is 0.286. The quantitative estimate of drug-likeness (QED) is 0.625. The lowest BCUT2D eigenvalue weighted by atomic mass is 10.3. The number of hydrogen-bond acceptors (Lipinski definition) is 2. The van der Waals surface area contributed by atoms with Gasteiger partial charge in [0.2, 0.25) is 0 Å². The fourth-order valence-electron chi connectivity index (χ4n) is 0.640. The summed E-state index contributed by atoms with van der Waals surface area (Å²) in [5, 5.41) is 0. The zero-order valence-corrected chi connectivity index (χ0v) is 6.21. The molecule has 0 bridgehead atoms. The van der Waals surface area contributed by atoms with Crippen LogP contribution in [0.2, 0.25) is 0 Å². The Morgan fingerprint density at radius 2 is 2.50 bits per heavy atom. The van der Waals surface area contributed by atoms with E-state index in [0.29, 0.717) is 6.61 Å². The molecule has 0 unspecified atom stereocenters. The molecule has 10 heavy (non-hydrogen) atoms. The summed E-state index contributed by atoms with van der Waals surface area (Å²) in [4.78, 5) is 3.91. The second-order valence-electron chi connectivity index (χ2n) is 1.82. The first-order valence-corrected chi connectivity index (χ1v) is 3.49. The molecule has 0 N–H and O–H groups in total. The summed E-state index contributed by atoms with van der Waals surface area (Å²) in [6, 6.07) is 4.04. The third-order valence-corrected chi connectivity index (χ3v) is 1.22. The van der Waals surface area contributed by atoms with Crippen LogP contribution in [-0.2, 0) is 11.3 Å². The van der Waals surface area contributed by atoms with Gasteiger partial charge in [-0.05, 0) is 11.6 Å². The maximum Gasteiger partial charge on any atom is 0.121 e. The minimum Gasteiger partial charge on any atom is -0.361 e. The molecule has 0 aliphatic carbocycles. The minimum absolute atomic E-state index is 0.231. The third kappa shape index (κ3) is 2.33. The molecule has 0 aromatic carbocycles. The molecule has 0 aliphatic heterocycles. The van der Waals surface area contributed by atoms with Gasteiger partial charge >= 0.3 is 0 Å². The van der Waals surface area contributed by atoms with Gasteiger partial charge < -0.3 is 4.74 Å². The van der Waals surface area contributed by atoms with Gasteiger partial charge in [0.05, 0.1) is 6.61 Å². The Morgan fingerprint density at radius 1 is 1.60 bits per heavy atom. The predicted molar refractivity (Wildman–Crippen MR) is 39.7 cm³/mol. The highest BCUT2D eigenvalue weighted by Crippen LogP contribution is 1.97. The molecule has 0 aliphatic rings. The lowest BCUT2D eigenvalue weighted by Crippen LogP contribution is -1.89. The average Bonchev–Trinajstić information content (AvgIpc) is 2.03. The molecule has 0 radical (unpaired) electrons. The Bertz CT molecular complexity index is 178. The summed E-state index contributed by atoms with van der Waals surface area (Å²) in [5.74, 6) is 0. The second kappa shape index (κ2) is 4.25. The molecule has 1 rings (SSSR count). The largest absolute Gasteiger partial charge is 0.361 e. The van der Waals surface area contributed by atoms with Gasteiger partial charge in [0, 0.05) is 12.4 Å². The van der Waals surface area contributed by atoms with Crippen molar-refractivity contribution in [3.05, 3.63) is 30.1 Å². The van der Waals surface area contributed by atoms with Gasteiger partial charge in [0.1, 0.15) is 6.07 Å². The lowest BCUT2D eigenvalue weighted by molar-refractivity contribution is 0.165. The van der Waals surface area contributed by atoms with E-state index in [0.717, 1.165) is 5.56 Å². The van der Waals surface area contributed by atoms with Gasteiger partial charge in [0.25, 0.3) is 0 Å². The number of nitrogens with zero attached hydrogens (tertiary/aromatic N) is 1. The van der Waals surface area contributed by atoms with Crippen molar-refractivity contribution in [1.29, 1.82) is 0 Å². The monoisotopic (exact) mass is 157 g/mol. The summed E-state index contributed by atoms with van der Waals surface area (Å²) < 4.78 is 4.94. The molecule has 0 amide bonds. The van der Waals surface area contributed by atoms with E-state index in [2.05, 4.69) is 4.98 Å². The number of ether oxygens (including phenoxy) is 1. The number of aromatic nitrogens is 1. The number of halogens is 1. The number of hydrogen-bond donors (Lipinski definition) is 0. The minimum atomic E-state index is 0.231. The molecule has 1 aromatic heterocycles. The van der Waals surface area contributed by atoms with Gasteiger partial charge in [-0.3, -0.25) is 4.98 Å². The highest BCUT2D eigenvalue weighted by atomic mass is 35.5. The highest BCUT2D eigenvalue weighted by molar-refractivity contribution is 6.17. The van der Waals surface area contributed by atoms with Gasteiger partial charge in [0.15, 0.2) is 0 Å². The zero-order valence-electron chi connectivity index (χ0n) is 5.46. The molecule has 2 nitrogen and oxygen atoms in total. The van der Waals surface area contributed by atoms with Crippen LogP contribution >= 0.6 is 11.6 Å². The zero-order chi connectivity index (χ0) is 7.23. The van der Waals surface area contributed by atoms with Crippen molar-refractivity contribution in [3.8, 4) is 0 Å². The van der Waals surface area contributed by atoms with Crippen LogP contribution in [-0.4, -0.2) is 11.1 Å². The predicted octanol–water partition coefficient (Wildman–Crippen LogP) is 1.79. The molecular weight excluding hydrogens is 150 g/mol. The molecule has 1 heterocycles. The Morgan fingerprint density at radius 3 is 3.10 bits per heavy atom. The Balaban J connectivity index is 2.43. The van der Waals surface area contributed by atoms with Crippen molar-refractivity contribution in [2.24, 2.45) is 0 Å². The first-order valence-electron chi connectivity index (χ1n) is 2.96. The second-order valence-corrected chi connectivity index (χ2v) is 2.04. The van der Waals surface area contributed by atoms with E-state index in [4.69, 9.17) is 16.3 Å². The number of rotatable bonds is 3. The van der Waals surface area contributed by atoms with Crippen LogP contribution in [0.15, 0.2) is 24.5 Å². The van der Waals surface area contributed by atoms with E-state index in [-0.39, 0.29) is 6.07 Å². The van der Waals surface area contributed by atoms with E-state index in [1.807, 2.05) is 12.1 Å². The van der Waals surface area contributed by atoms with E-state index in [1.165, 1.54) is 0 Å². The molecule has 0 spiro atoms. The number of alkyl halides is 1. The summed E-state index contributed by atoms with van der Waals surface area (Å²) in [7, 11) is 0. The van der Waals surface area contributed by atoms with Gasteiger partial charge in [-0.1, -0.05) is 17.7 Å². The molecular formula is C7H8ClNO. The Labute approximate surface area is 64.8 Å². The van der Waals surface area contributed by atoms with Crippen molar-refractivity contribution in [2.45, 2.75) is 6.61 Å². The fourth-order valence-corrected chi connectivity index (χ4v) is 0.717. The normalized spacial score (nSPS) is 9.70. The molecule has 0 saturated carbocycles. The first-order chi connectivity index (χ1) is 4.93. The highest BCUT2D eigenvalue weighted by Gasteiger charge is 1.88. The van der Waals surface area contributed by atoms with E-state index >= 15 is 0 Å². The SMILES string of the molecule is ClCOCc1cccnc1. The van der Waals surface area contributed by atoms with Crippen molar-refractivity contribution < 1.29 is 4.74 Å². The van der Waals surface area contributed by atoms with Crippen LogP contribution in [0.25, 0.3) is 0 Å². The molecule has 0 saturated heterocycles. The lowest BCUT2D eigenvalue weighted by Gasteiger charge is -1.97. The van der Waals surface area contributed by atoms with Crippen molar-refractivity contribution >= 4 is 11.6 Å². The summed E-state index contributed by atoms with van der Waals surface area (Å²) in [6.07, 6.45) is 3.48. The van der Waals surface area contributed by atoms with E-state index in [1.54, 1.807) is 12.4 Å². The van der Waals surface area contributed by atoms with Crippen LogP contribution in [0.3, 0.4) is 0 Å². The van der Waals surface area contributed by atoms with Gasteiger partial charge in [-0.25, -0.2) is 0 Å². The molecule has 1 aromatic rings. The third-order valence-electron chi connectivity index (χ3n) is 1.07. The maximum absolute atomic E-state index is 5.31. The van der Waals surface area contributed by atoms with Crippen LogP contribution in [0.1, 0.15) is 5.56 Å². The summed E-state index contributed by atoms with van der Waals surface area (Å²) in [5.41, 5.74) is 1.04. The van der Waals surface area contributed by atoms with Crippen LogP contribution < -0.4 is 0 Å². The van der Waals surface area contributed by atoms with Crippen LogP contribution in [0.4, 0.5) is 0 Å². The van der Waals surface area contributed by atoms with Crippen LogP contribution in [0.5, 0.6) is 0 Å². The van der Waals surface area contributed by atoms with Crippen molar-refractivity contribution in [3.63, 3.8) is 0 Å². The van der Waals surface area contributed by atoms with Gasteiger partial charge in [-0.15, -0.1) is 0 Å². The van der Waals surface area contributed by atoms with Gasteiger partial charge in [-0.2, -0.15) is 0 Å². The van der Waals surface area contributed by atoms with E-state index < -0.39 is 0 Å². The Hall–Kier alpha value is -0.600. The summed E-state index contributed by atoms with van der Waals surface area (Å²) >= 11 is 5.31. The summed E-state index contributed by atoms with van der Waals surface area (Å²) in [6.45, 7) is 0.539. The average molecular weight is 158 g/mol. The molecule has 3 heteroatoms. The van der Waals surface area contributed by atoms with E-state index in [9.17, 15) is 0 Å². The van der Waals surface area contributed by atoms with Crippen molar-refractivity contribution in [1.82, 2.24) is 4.98 Å². The standard InChI is InChI=1S/C7H8ClNO/c8-6-10-5-7-2-1-3-9-4-7/h1-4H,5-6H2. The Kier molecular flexibility index (Phi) is 3.19. The smallest absolute Gasteiger partial charge is 0.121 e. The maximum atomic E-state index is 5.31. The first kappa shape index (κ1) is 7.51. The molecule has 0 atom stereocenters. The molecule has 0 fully saturated rings. The van der Waals surface area contributed by atoms with Crippen molar-refractivity contribution in [2.75, 3.05) is 6.07 Å². The number of pyridine rings is 1.